The van der Waals surface area contributed by atoms with E-state index in [0.717, 1.165) is 7.11 Å². The van der Waals surface area contributed by atoms with E-state index in [4.69, 9.17) is 4.55 Å². The highest BCUT2D eigenvalue weighted by Gasteiger charge is 2.58. The van der Waals surface area contributed by atoms with Crippen LogP contribution in [0.3, 0.4) is 0 Å². The average molecular weight is 386 g/mol. The van der Waals surface area contributed by atoms with E-state index in [1.165, 1.54) is 24.3 Å². The lowest BCUT2D eigenvalue weighted by molar-refractivity contribution is -0.162. The number of carboxylic acid groups (broad SMARTS) is 1. The first kappa shape index (κ1) is 19.3. The highest BCUT2D eigenvalue weighted by Crippen LogP contribution is 2.26. The van der Waals surface area contributed by atoms with Gasteiger partial charge < -0.3 is 15.2 Å². The SMILES string of the molecule is COC(=O)[C@@H]1[C@H](NC(=O)C(C(=O)O)c2ccccc2)C(=O)N1S(=O)(=O)O. The smallest absolute Gasteiger partial charge is 0.363 e. The van der Waals surface area contributed by atoms with Crippen LogP contribution in [0.5, 0.6) is 0 Å². The van der Waals surface area contributed by atoms with Crippen molar-refractivity contribution in [1.29, 1.82) is 0 Å². The molecule has 1 aromatic rings. The monoisotopic (exact) mass is 386 g/mol. The number of carbonyl (C=O) groups is 4. The number of benzene rings is 1. The number of hydrogen-bond acceptors (Lipinski definition) is 7. The number of aliphatic carboxylic acids is 1. The van der Waals surface area contributed by atoms with E-state index in [2.05, 4.69) is 4.74 Å². The number of carboxylic acids is 1. The normalized spacial score (nSPS) is 20.7. The third-order valence-corrected chi connectivity index (χ3v) is 4.59. The fraction of sp³-hybridized carbons (Fsp3) is 0.286. The van der Waals surface area contributed by atoms with Gasteiger partial charge in [0.15, 0.2) is 12.0 Å². The van der Waals surface area contributed by atoms with Crippen molar-refractivity contribution in [1.82, 2.24) is 9.62 Å². The minimum absolute atomic E-state index is 0.116. The second kappa shape index (κ2) is 7.09. The van der Waals surface area contributed by atoms with Gasteiger partial charge in [0.1, 0.15) is 6.04 Å². The second-order valence-electron chi connectivity index (χ2n) is 5.25. The predicted octanol–water partition coefficient (Wildman–Crippen LogP) is -1.47. The Balaban J connectivity index is 2.28. The number of amides is 2. The Morgan fingerprint density at radius 2 is 1.81 bits per heavy atom. The van der Waals surface area contributed by atoms with Crippen molar-refractivity contribution in [3.8, 4) is 0 Å². The largest absolute Gasteiger partial charge is 0.480 e. The van der Waals surface area contributed by atoms with Crippen LogP contribution < -0.4 is 5.32 Å². The Morgan fingerprint density at radius 3 is 2.27 bits per heavy atom. The summed E-state index contributed by atoms with van der Waals surface area (Å²) in [7, 11) is -4.15. The van der Waals surface area contributed by atoms with Gasteiger partial charge in [0.25, 0.3) is 5.91 Å². The minimum Gasteiger partial charge on any atom is -0.480 e. The standard InChI is InChI=1S/C14H14N2O9S/c1-25-14(21)10-9(12(18)16(10)26(22,23)24)15-11(17)8(13(19)20)7-5-3-2-4-6-7/h2-6,8-10H,1H3,(H,15,17)(H,19,20)(H,22,23,24)/t8?,9-,10-/m0/s1. The lowest BCUT2D eigenvalue weighted by atomic mass is 9.94. The number of ether oxygens (including phenoxy) is 1. The summed E-state index contributed by atoms with van der Waals surface area (Å²) in [4.78, 5) is 47.4. The van der Waals surface area contributed by atoms with Crippen molar-refractivity contribution >= 4 is 34.1 Å². The van der Waals surface area contributed by atoms with Gasteiger partial charge in [0.05, 0.1) is 7.11 Å². The Bertz CT molecular complexity index is 852. The maximum absolute atomic E-state index is 12.3. The zero-order valence-electron chi connectivity index (χ0n) is 13.2. The summed E-state index contributed by atoms with van der Waals surface area (Å²) in [6.45, 7) is 0. The molecule has 1 aliphatic heterocycles. The van der Waals surface area contributed by atoms with Crippen LogP contribution in [0.2, 0.25) is 0 Å². The van der Waals surface area contributed by atoms with Gasteiger partial charge in [-0.1, -0.05) is 30.3 Å². The summed E-state index contributed by atoms with van der Waals surface area (Å²) in [5.74, 6) is -6.85. The van der Waals surface area contributed by atoms with Crippen LogP contribution in [0.4, 0.5) is 0 Å². The highest BCUT2D eigenvalue weighted by molar-refractivity contribution is 7.84. The number of hydrogen-bond donors (Lipinski definition) is 3. The van der Waals surface area contributed by atoms with Crippen molar-refractivity contribution < 1.29 is 42.0 Å². The molecule has 1 fully saturated rings. The Kier molecular flexibility index (Phi) is 5.28. The van der Waals surface area contributed by atoms with E-state index in [0.29, 0.717) is 0 Å². The molecule has 0 spiro atoms. The van der Waals surface area contributed by atoms with Gasteiger partial charge in [-0.3, -0.25) is 18.9 Å². The molecule has 0 aliphatic carbocycles. The summed E-state index contributed by atoms with van der Waals surface area (Å²) in [6.07, 6.45) is 0. The molecule has 1 saturated heterocycles. The third kappa shape index (κ3) is 3.50. The summed E-state index contributed by atoms with van der Waals surface area (Å²) in [5.41, 5.74) is 0.116. The Morgan fingerprint density at radius 1 is 1.23 bits per heavy atom. The Hall–Kier alpha value is -2.99. The van der Waals surface area contributed by atoms with Gasteiger partial charge in [-0.2, -0.15) is 12.7 Å². The first-order chi connectivity index (χ1) is 12.1. The van der Waals surface area contributed by atoms with Crippen LogP contribution >= 0.6 is 0 Å². The number of nitrogens with zero attached hydrogens (tertiary/aromatic N) is 1. The molecule has 0 radical (unpaired) electrons. The molecule has 0 saturated carbocycles. The molecule has 0 bridgehead atoms. The van der Waals surface area contributed by atoms with Gasteiger partial charge in [0, 0.05) is 0 Å². The van der Waals surface area contributed by atoms with Crippen LogP contribution in [-0.4, -0.2) is 65.3 Å². The van der Waals surface area contributed by atoms with Gasteiger partial charge >= 0.3 is 22.2 Å². The van der Waals surface area contributed by atoms with E-state index in [9.17, 15) is 32.7 Å². The van der Waals surface area contributed by atoms with Gasteiger partial charge in [-0.25, -0.2) is 4.79 Å². The van der Waals surface area contributed by atoms with Crippen molar-refractivity contribution in [2.45, 2.75) is 18.0 Å². The summed E-state index contributed by atoms with van der Waals surface area (Å²) >= 11 is 0. The maximum atomic E-state index is 12.3. The minimum atomic E-state index is -5.06. The molecule has 3 atom stereocenters. The molecule has 1 aliphatic rings. The fourth-order valence-corrected chi connectivity index (χ4v) is 3.34. The van der Waals surface area contributed by atoms with Crippen LogP contribution in [-0.2, 0) is 34.2 Å². The number of β-lactam (4-membered cyclic amide) rings is 1. The summed E-state index contributed by atoms with van der Waals surface area (Å²) in [5, 5.41) is 11.3. The molecule has 12 heteroatoms. The van der Waals surface area contributed by atoms with Gasteiger partial charge in [-0.15, -0.1) is 0 Å². The van der Waals surface area contributed by atoms with Crippen molar-refractivity contribution in [3.05, 3.63) is 35.9 Å². The first-order valence-electron chi connectivity index (χ1n) is 7.06. The van der Waals surface area contributed by atoms with Gasteiger partial charge in [0.2, 0.25) is 5.91 Å². The second-order valence-corrected chi connectivity index (χ2v) is 6.54. The highest BCUT2D eigenvalue weighted by atomic mass is 32.2. The Labute approximate surface area is 147 Å². The molecular weight excluding hydrogens is 372 g/mol. The number of methoxy groups -OCH3 is 1. The van der Waals surface area contributed by atoms with Crippen LogP contribution in [0.1, 0.15) is 11.5 Å². The number of esters is 1. The van der Waals surface area contributed by atoms with Gasteiger partial charge in [-0.05, 0) is 5.56 Å². The molecule has 11 nitrogen and oxygen atoms in total. The van der Waals surface area contributed by atoms with E-state index in [-0.39, 0.29) is 9.87 Å². The molecule has 0 aromatic heterocycles. The summed E-state index contributed by atoms with van der Waals surface area (Å²) < 4.78 is 35.6. The first-order valence-corrected chi connectivity index (χ1v) is 8.46. The fourth-order valence-electron chi connectivity index (χ4n) is 2.50. The van der Waals surface area contributed by atoms with Crippen LogP contribution in [0.15, 0.2) is 30.3 Å². The lowest BCUT2D eigenvalue weighted by Gasteiger charge is -2.42. The zero-order chi connectivity index (χ0) is 19.6. The third-order valence-electron chi connectivity index (χ3n) is 3.68. The van der Waals surface area contributed by atoms with Crippen LogP contribution in [0.25, 0.3) is 0 Å². The maximum Gasteiger partial charge on any atom is 0.363 e. The molecule has 1 aromatic carbocycles. The molecule has 26 heavy (non-hydrogen) atoms. The molecule has 140 valence electrons. The van der Waals surface area contributed by atoms with Crippen molar-refractivity contribution in [3.63, 3.8) is 0 Å². The summed E-state index contributed by atoms with van der Waals surface area (Å²) in [6, 6.07) is 3.84. The molecule has 1 unspecified atom stereocenters. The topological polar surface area (TPSA) is 167 Å². The van der Waals surface area contributed by atoms with E-state index < -0.39 is 52.1 Å². The van der Waals surface area contributed by atoms with E-state index >= 15 is 0 Å². The predicted molar refractivity (Wildman–Crippen MR) is 82.9 cm³/mol. The zero-order valence-corrected chi connectivity index (χ0v) is 14.0. The number of nitrogens with one attached hydrogen (secondary N) is 1. The molecule has 1 heterocycles. The lowest BCUT2D eigenvalue weighted by Crippen LogP contribution is -2.74. The molecular formula is C14H14N2O9S. The van der Waals surface area contributed by atoms with E-state index in [1.54, 1.807) is 6.07 Å². The molecule has 2 amide bonds. The number of carbonyl (C=O) groups excluding carboxylic acids is 3. The molecule has 3 N–H and O–H groups in total. The quantitative estimate of drug-likeness (QED) is 0.229. The van der Waals surface area contributed by atoms with E-state index in [1.807, 2.05) is 5.32 Å². The van der Waals surface area contributed by atoms with Crippen molar-refractivity contribution in [2.24, 2.45) is 0 Å². The number of rotatable bonds is 6. The average Bonchev–Trinajstić information content (AvgIpc) is 2.56. The molecule has 2 rings (SSSR count). The van der Waals surface area contributed by atoms with Crippen LogP contribution in [0, 0.1) is 0 Å². The van der Waals surface area contributed by atoms with Crippen molar-refractivity contribution in [2.75, 3.05) is 7.11 Å².